The van der Waals surface area contributed by atoms with Crippen LogP contribution in [0.15, 0.2) is 35.0 Å². The zero-order valence-corrected chi connectivity index (χ0v) is 15.6. The van der Waals surface area contributed by atoms with E-state index in [1.807, 2.05) is 42.8 Å². The Kier molecular flexibility index (Phi) is 4.02. The maximum Gasteiger partial charge on any atom is 0.251 e. The molecule has 8 nitrogen and oxygen atoms in total. The van der Waals surface area contributed by atoms with E-state index in [0.29, 0.717) is 22.9 Å². The SMILES string of the molecule is CNc1nc2oc(-c3cccc(C(C)NC(C)=O)c3)nc2c2c1ncn2C. The van der Waals surface area contributed by atoms with Crippen LogP contribution in [0.2, 0.25) is 0 Å². The molecule has 0 fully saturated rings. The third-order valence-electron chi connectivity index (χ3n) is 4.50. The summed E-state index contributed by atoms with van der Waals surface area (Å²) in [6.45, 7) is 3.44. The molecule has 0 aliphatic heterocycles. The summed E-state index contributed by atoms with van der Waals surface area (Å²) in [6.07, 6.45) is 1.73. The molecule has 4 rings (SSSR count). The van der Waals surface area contributed by atoms with Gasteiger partial charge in [-0.05, 0) is 24.6 Å². The van der Waals surface area contributed by atoms with E-state index < -0.39 is 0 Å². The number of anilines is 1. The van der Waals surface area contributed by atoms with E-state index >= 15 is 0 Å². The number of hydrogen-bond donors (Lipinski definition) is 2. The summed E-state index contributed by atoms with van der Waals surface area (Å²) in [6, 6.07) is 7.66. The van der Waals surface area contributed by atoms with E-state index in [1.165, 1.54) is 6.92 Å². The lowest BCUT2D eigenvalue weighted by Crippen LogP contribution is -2.23. The van der Waals surface area contributed by atoms with Gasteiger partial charge in [-0.25, -0.2) is 9.97 Å². The molecule has 1 amide bonds. The number of nitrogens with one attached hydrogen (secondary N) is 2. The zero-order valence-electron chi connectivity index (χ0n) is 15.6. The quantitative estimate of drug-likeness (QED) is 0.578. The standard InChI is InChI=1S/C19H20N6O2/c1-10(22-11(2)26)12-6-5-7-13(8-12)18-23-15-16-14(21-9-25(16)4)17(20-3)24-19(15)27-18/h5-10H,1-4H3,(H,20,24)(H,22,26). The van der Waals surface area contributed by atoms with Crippen molar-refractivity contribution in [1.29, 1.82) is 0 Å². The lowest BCUT2D eigenvalue weighted by molar-refractivity contribution is -0.119. The fourth-order valence-electron chi connectivity index (χ4n) is 3.21. The first-order chi connectivity index (χ1) is 13.0. The van der Waals surface area contributed by atoms with Crippen LogP contribution >= 0.6 is 0 Å². The fraction of sp³-hybridized carbons (Fsp3) is 0.263. The number of rotatable bonds is 4. The van der Waals surface area contributed by atoms with Gasteiger partial charge in [-0.15, -0.1) is 0 Å². The zero-order chi connectivity index (χ0) is 19.1. The second-order valence-electron chi connectivity index (χ2n) is 6.48. The summed E-state index contributed by atoms with van der Waals surface area (Å²) in [5.41, 5.74) is 4.52. The van der Waals surface area contributed by atoms with Crippen molar-refractivity contribution in [2.45, 2.75) is 19.9 Å². The molecular weight excluding hydrogens is 344 g/mol. The molecule has 138 valence electrons. The van der Waals surface area contributed by atoms with Gasteiger partial charge in [0.25, 0.3) is 5.71 Å². The number of carbonyl (C=O) groups is 1. The van der Waals surface area contributed by atoms with Gasteiger partial charge in [0.05, 0.1) is 12.4 Å². The van der Waals surface area contributed by atoms with E-state index in [-0.39, 0.29) is 11.9 Å². The van der Waals surface area contributed by atoms with Crippen LogP contribution in [-0.2, 0) is 11.8 Å². The summed E-state index contributed by atoms with van der Waals surface area (Å²) in [5.74, 6) is 1.05. The van der Waals surface area contributed by atoms with Crippen molar-refractivity contribution in [3.63, 3.8) is 0 Å². The lowest BCUT2D eigenvalue weighted by atomic mass is 10.1. The van der Waals surface area contributed by atoms with Crippen LogP contribution in [0.3, 0.4) is 0 Å². The normalized spacial score (nSPS) is 12.4. The molecule has 3 heterocycles. The van der Waals surface area contributed by atoms with Crippen LogP contribution in [0, 0.1) is 0 Å². The van der Waals surface area contributed by atoms with Crippen LogP contribution in [0.5, 0.6) is 0 Å². The molecule has 27 heavy (non-hydrogen) atoms. The fourth-order valence-corrected chi connectivity index (χ4v) is 3.21. The number of fused-ring (bicyclic) bond motifs is 3. The number of pyridine rings is 1. The Hall–Kier alpha value is -3.42. The Morgan fingerprint density at radius 1 is 1.26 bits per heavy atom. The number of hydrogen-bond acceptors (Lipinski definition) is 6. The Bertz CT molecular complexity index is 1160. The summed E-state index contributed by atoms with van der Waals surface area (Å²) in [4.78, 5) is 24.9. The topological polar surface area (TPSA) is 97.9 Å². The molecule has 0 spiro atoms. The van der Waals surface area contributed by atoms with Crippen LogP contribution in [0.25, 0.3) is 33.7 Å². The number of amides is 1. The summed E-state index contributed by atoms with van der Waals surface area (Å²) >= 11 is 0. The van der Waals surface area contributed by atoms with Crippen molar-refractivity contribution in [2.24, 2.45) is 7.05 Å². The monoisotopic (exact) mass is 364 g/mol. The van der Waals surface area contributed by atoms with Gasteiger partial charge in [-0.1, -0.05) is 12.1 Å². The molecule has 0 saturated heterocycles. The average molecular weight is 364 g/mol. The van der Waals surface area contributed by atoms with Crippen LogP contribution in [-0.4, -0.2) is 32.5 Å². The second kappa shape index (κ2) is 6.39. The third kappa shape index (κ3) is 2.88. The molecule has 4 aromatic rings. The highest BCUT2D eigenvalue weighted by atomic mass is 16.4. The van der Waals surface area contributed by atoms with Gasteiger partial charge in [0.2, 0.25) is 11.8 Å². The van der Waals surface area contributed by atoms with Gasteiger partial charge in [0, 0.05) is 26.6 Å². The lowest BCUT2D eigenvalue weighted by Gasteiger charge is -2.13. The molecule has 2 N–H and O–H groups in total. The van der Waals surface area contributed by atoms with Crippen molar-refractivity contribution in [1.82, 2.24) is 24.8 Å². The Labute approximate surface area is 155 Å². The van der Waals surface area contributed by atoms with E-state index in [9.17, 15) is 4.79 Å². The average Bonchev–Trinajstić information content (AvgIpc) is 3.24. The molecule has 1 atom stereocenters. The molecule has 8 heteroatoms. The number of oxazole rings is 1. The van der Waals surface area contributed by atoms with Gasteiger partial charge in [0.1, 0.15) is 11.0 Å². The number of imidazole rings is 1. The molecule has 0 aliphatic carbocycles. The number of nitrogens with zero attached hydrogens (tertiary/aromatic N) is 4. The highest BCUT2D eigenvalue weighted by Gasteiger charge is 2.19. The van der Waals surface area contributed by atoms with Crippen molar-refractivity contribution >= 4 is 34.0 Å². The Balaban J connectivity index is 1.84. The van der Waals surface area contributed by atoms with Crippen molar-refractivity contribution < 1.29 is 9.21 Å². The smallest absolute Gasteiger partial charge is 0.251 e. The highest BCUT2D eigenvalue weighted by Crippen LogP contribution is 2.31. The van der Waals surface area contributed by atoms with Crippen molar-refractivity contribution in [3.05, 3.63) is 36.2 Å². The summed E-state index contributed by atoms with van der Waals surface area (Å²) in [5, 5.41) is 5.94. The minimum atomic E-state index is -0.107. The first kappa shape index (κ1) is 17.0. The number of benzene rings is 1. The molecule has 1 aromatic carbocycles. The number of carbonyl (C=O) groups excluding carboxylic acids is 1. The van der Waals surface area contributed by atoms with Gasteiger partial charge in [-0.2, -0.15) is 4.98 Å². The molecule has 3 aromatic heterocycles. The van der Waals surface area contributed by atoms with Crippen LogP contribution in [0.4, 0.5) is 5.82 Å². The van der Waals surface area contributed by atoms with E-state index in [4.69, 9.17) is 4.42 Å². The molecule has 0 saturated carbocycles. The third-order valence-corrected chi connectivity index (χ3v) is 4.50. The van der Waals surface area contributed by atoms with Gasteiger partial charge in [0.15, 0.2) is 11.3 Å². The number of aromatic nitrogens is 4. The molecule has 0 aliphatic rings. The predicted octanol–water partition coefficient (Wildman–Crippen LogP) is 3.02. The Morgan fingerprint density at radius 3 is 2.81 bits per heavy atom. The Morgan fingerprint density at radius 2 is 2.07 bits per heavy atom. The van der Waals surface area contributed by atoms with E-state index in [2.05, 4.69) is 25.6 Å². The first-order valence-electron chi connectivity index (χ1n) is 8.64. The highest BCUT2D eigenvalue weighted by molar-refractivity contribution is 6.03. The van der Waals surface area contributed by atoms with E-state index in [0.717, 1.165) is 22.2 Å². The maximum absolute atomic E-state index is 11.3. The molecular formula is C19H20N6O2. The summed E-state index contributed by atoms with van der Waals surface area (Å²) < 4.78 is 7.86. The molecule has 0 bridgehead atoms. The van der Waals surface area contributed by atoms with Gasteiger partial charge in [-0.3, -0.25) is 4.79 Å². The molecule has 1 unspecified atom stereocenters. The largest absolute Gasteiger partial charge is 0.418 e. The minimum absolute atomic E-state index is 0.0721. The van der Waals surface area contributed by atoms with E-state index in [1.54, 1.807) is 13.4 Å². The maximum atomic E-state index is 11.3. The second-order valence-corrected chi connectivity index (χ2v) is 6.48. The van der Waals surface area contributed by atoms with Crippen molar-refractivity contribution in [2.75, 3.05) is 12.4 Å². The summed E-state index contributed by atoms with van der Waals surface area (Å²) in [7, 11) is 3.71. The number of aryl methyl sites for hydroxylation is 1. The van der Waals surface area contributed by atoms with Gasteiger partial charge >= 0.3 is 0 Å². The predicted molar refractivity (Wildman–Crippen MR) is 103 cm³/mol. The molecule has 0 radical (unpaired) electrons. The first-order valence-corrected chi connectivity index (χ1v) is 8.64. The van der Waals surface area contributed by atoms with Gasteiger partial charge < -0.3 is 19.6 Å². The minimum Gasteiger partial charge on any atom is -0.418 e. The van der Waals surface area contributed by atoms with Crippen LogP contribution in [0.1, 0.15) is 25.5 Å². The van der Waals surface area contributed by atoms with Crippen LogP contribution < -0.4 is 10.6 Å². The van der Waals surface area contributed by atoms with Crippen molar-refractivity contribution in [3.8, 4) is 11.5 Å².